The van der Waals surface area contributed by atoms with E-state index in [9.17, 15) is 0 Å². The van der Waals surface area contributed by atoms with Gasteiger partial charge in [0.1, 0.15) is 0 Å². The standard InChI is InChI=1S/C14H25N3/c1-6-17(7-2)14(4,5)13(15)12-9-8-11(3)16-10-12/h8-10,13H,6-7,15H2,1-5H3. The third-order valence-corrected chi connectivity index (χ3v) is 3.63. The van der Waals surface area contributed by atoms with E-state index >= 15 is 0 Å². The second-order valence-corrected chi connectivity index (χ2v) is 5.04. The highest BCUT2D eigenvalue weighted by atomic mass is 15.2. The van der Waals surface area contributed by atoms with Crippen LogP contribution < -0.4 is 5.73 Å². The number of nitrogens with two attached hydrogens (primary N) is 1. The molecule has 0 spiro atoms. The summed E-state index contributed by atoms with van der Waals surface area (Å²) in [4.78, 5) is 6.71. The lowest BCUT2D eigenvalue weighted by atomic mass is 9.88. The van der Waals surface area contributed by atoms with Gasteiger partial charge in [0.25, 0.3) is 0 Å². The van der Waals surface area contributed by atoms with E-state index in [0.717, 1.165) is 24.3 Å². The first-order chi connectivity index (χ1) is 7.93. The van der Waals surface area contributed by atoms with Gasteiger partial charge in [-0.2, -0.15) is 0 Å². The predicted molar refractivity (Wildman–Crippen MR) is 72.9 cm³/mol. The number of nitrogens with zero attached hydrogens (tertiary/aromatic N) is 2. The van der Waals surface area contributed by atoms with E-state index in [2.05, 4.69) is 43.6 Å². The molecule has 3 nitrogen and oxygen atoms in total. The molecule has 0 amide bonds. The van der Waals surface area contributed by atoms with E-state index in [4.69, 9.17) is 5.73 Å². The molecule has 1 unspecified atom stereocenters. The maximum atomic E-state index is 6.39. The first-order valence-electron chi connectivity index (χ1n) is 6.36. The molecule has 1 aromatic rings. The van der Waals surface area contributed by atoms with Gasteiger partial charge in [-0.25, -0.2) is 0 Å². The quantitative estimate of drug-likeness (QED) is 0.852. The first kappa shape index (κ1) is 14.1. The number of aromatic nitrogens is 1. The van der Waals surface area contributed by atoms with Crippen molar-refractivity contribution in [3.8, 4) is 0 Å². The molecule has 0 aromatic carbocycles. The molecule has 0 aliphatic rings. The molecule has 0 fully saturated rings. The Morgan fingerprint density at radius 3 is 2.29 bits per heavy atom. The summed E-state index contributed by atoms with van der Waals surface area (Å²) in [6.45, 7) is 12.8. The molecule has 2 N–H and O–H groups in total. The number of aryl methyl sites for hydroxylation is 1. The van der Waals surface area contributed by atoms with Gasteiger partial charge < -0.3 is 5.73 Å². The molecule has 1 rings (SSSR count). The van der Waals surface area contributed by atoms with Crippen molar-refractivity contribution in [2.75, 3.05) is 13.1 Å². The van der Waals surface area contributed by atoms with Crippen molar-refractivity contribution < 1.29 is 0 Å². The average molecular weight is 235 g/mol. The minimum absolute atomic E-state index is 0.0181. The summed E-state index contributed by atoms with van der Waals surface area (Å²) >= 11 is 0. The Hall–Kier alpha value is -0.930. The van der Waals surface area contributed by atoms with E-state index in [1.807, 2.05) is 19.2 Å². The van der Waals surface area contributed by atoms with Crippen LogP contribution >= 0.6 is 0 Å². The highest BCUT2D eigenvalue weighted by molar-refractivity contribution is 5.20. The van der Waals surface area contributed by atoms with Crippen molar-refractivity contribution in [1.82, 2.24) is 9.88 Å². The second kappa shape index (κ2) is 5.61. The van der Waals surface area contributed by atoms with Crippen molar-refractivity contribution >= 4 is 0 Å². The summed E-state index contributed by atoms with van der Waals surface area (Å²) < 4.78 is 0. The van der Waals surface area contributed by atoms with Crippen molar-refractivity contribution in [3.05, 3.63) is 29.6 Å². The number of hydrogen-bond acceptors (Lipinski definition) is 3. The number of hydrogen-bond donors (Lipinski definition) is 1. The monoisotopic (exact) mass is 235 g/mol. The van der Waals surface area contributed by atoms with E-state index < -0.39 is 0 Å². The van der Waals surface area contributed by atoms with Gasteiger partial charge in [-0.05, 0) is 45.5 Å². The molecule has 0 aliphatic carbocycles. The second-order valence-electron chi connectivity index (χ2n) is 5.04. The lowest BCUT2D eigenvalue weighted by Crippen LogP contribution is -2.51. The Kier molecular flexibility index (Phi) is 4.66. The average Bonchev–Trinajstić information content (AvgIpc) is 2.30. The zero-order valence-corrected chi connectivity index (χ0v) is 11.7. The summed E-state index contributed by atoms with van der Waals surface area (Å²) in [6, 6.07) is 4.08. The predicted octanol–water partition coefficient (Wildman–Crippen LogP) is 2.51. The number of likely N-dealkylation sites (N-methyl/N-ethyl adjacent to an activating group) is 1. The molecule has 1 atom stereocenters. The number of pyridine rings is 1. The Morgan fingerprint density at radius 2 is 1.88 bits per heavy atom. The highest BCUT2D eigenvalue weighted by Gasteiger charge is 2.32. The van der Waals surface area contributed by atoms with Gasteiger partial charge in [0.15, 0.2) is 0 Å². The van der Waals surface area contributed by atoms with Gasteiger partial charge in [-0.3, -0.25) is 9.88 Å². The summed E-state index contributed by atoms with van der Waals surface area (Å²) in [5.74, 6) is 0. The fourth-order valence-electron chi connectivity index (χ4n) is 2.31. The van der Waals surface area contributed by atoms with Crippen molar-refractivity contribution in [2.24, 2.45) is 5.73 Å². The maximum absolute atomic E-state index is 6.39. The van der Waals surface area contributed by atoms with Crippen molar-refractivity contribution in [3.63, 3.8) is 0 Å². The van der Waals surface area contributed by atoms with Crippen LogP contribution in [0.15, 0.2) is 18.3 Å². The van der Waals surface area contributed by atoms with Crippen LogP contribution in [0.3, 0.4) is 0 Å². The lowest BCUT2D eigenvalue weighted by molar-refractivity contribution is 0.107. The maximum Gasteiger partial charge on any atom is 0.0492 e. The third kappa shape index (κ3) is 3.05. The van der Waals surface area contributed by atoms with Crippen LogP contribution in [0.2, 0.25) is 0 Å². The molecule has 96 valence electrons. The molecule has 1 heterocycles. The van der Waals surface area contributed by atoms with Crippen molar-refractivity contribution in [2.45, 2.75) is 46.2 Å². The Balaban J connectivity index is 2.94. The summed E-state index contributed by atoms with van der Waals surface area (Å²) in [6.07, 6.45) is 1.89. The van der Waals surface area contributed by atoms with Gasteiger partial charge >= 0.3 is 0 Å². The zero-order chi connectivity index (χ0) is 13.1. The molecule has 0 radical (unpaired) electrons. The molecule has 1 aromatic heterocycles. The fourth-order valence-corrected chi connectivity index (χ4v) is 2.31. The lowest BCUT2D eigenvalue weighted by Gasteiger charge is -2.41. The van der Waals surface area contributed by atoms with Crippen LogP contribution in [0.5, 0.6) is 0 Å². The van der Waals surface area contributed by atoms with E-state index in [1.54, 1.807) is 0 Å². The van der Waals surface area contributed by atoms with Crippen LogP contribution in [0.4, 0.5) is 0 Å². The Labute approximate surface area is 105 Å². The Bertz CT molecular complexity index is 339. The highest BCUT2D eigenvalue weighted by Crippen LogP contribution is 2.28. The normalized spacial score (nSPS) is 14.1. The molecule has 0 bridgehead atoms. The van der Waals surface area contributed by atoms with Crippen LogP contribution in [-0.4, -0.2) is 28.5 Å². The molecular formula is C14H25N3. The molecule has 0 saturated carbocycles. The molecule has 17 heavy (non-hydrogen) atoms. The smallest absolute Gasteiger partial charge is 0.0492 e. The topological polar surface area (TPSA) is 42.1 Å². The first-order valence-corrected chi connectivity index (χ1v) is 6.36. The van der Waals surface area contributed by atoms with E-state index in [-0.39, 0.29) is 11.6 Å². The van der Waals surface area contributed by atoms with Gasteiger partial charge in [0.05, 0.1) is 0 Å². The largest absolute Gasteiger partial charge is 0.322 e. The summed E-state index contributed by atoms with van der Waals surface area (Å²) in [5, 5.41) is 0. The number of rotatable bonds is 5. The third-order valence-electron chi connectivity index (χ3n) is 3.63. The fraction of sp³-hybridized carbons (Fsp3) is 0.643. The van der Waals surface area contributed by atoms with Crippen LogP contribution in [0, 0.1) is 6.92 Å². The van der Waals surface area contributed by atoms with Crippen LogP contribution in [-0.2, 0) is 0 Å². The SMILES string of the molecule is CCN(CC)C(C)(C)C(N)c1ccc(C)nc1. The van der Waals surface area contributed by atoms with Crippen molar-refractivity contribution in [1.29, 1.82) is 0 Å². The van der Waals surface area contributed by atoms with Gasteiger partial charge in [0.2, 0.25) is 0 Å². The molecule has 3 heteroatoms. The van der Waals surface area contributed by atoms with Crippen LogP contribution in [0.1, 0.15) is 45.0 Å². The van der Waals surface area contributed by atoms with E-state index in [0.29, 0.717) is 0 Å². The minimum Gasteiger partial charge on any atom is -0.322 e. The minimum atomic E-state index is -0.0551. The van der Waals surface area contributed by atoms with Gasteiger partial charge in [-0.15, -0.1) is 0 Å². The van der Waals surface area contributed by atoms with Crippen LogP contribution in [0.25, 0.3) is 0 Å². The summed E-state index contributed by atoms with van der Waals surface area (Å²) in [5.41, 5.74) is 8.47. The zero-order valence-electron chi connectivity index (χ0n) is 11.7. The summed E-state index contributed by atoms with van der Waals surface area (Å²) in [7, 11) is 0. The Morgan fingerprint density at radius 1 is 1.29 bits per heavy atom. The molecule has 0 aliphatic heterocycles. The van der Waals surface area contributed by atoms with E-state index in [1.165, 1.54) is 0 Å². The molecule has 0 saturated heterocycles. The van der Waals surface area contributed by atoms with Gasteiger partial charge in [-0.1, -0.05) is 19.9 Å². The molecular weight excluding hydrogens is 210 g/mol. The van der Waals surface area contributed by atoms with Gasteiger partial charge in [0, 0.05) is 23.5 Å².